The molecule has 0 amide bonds. The Kier molecular flexibility index (Phi) is 3.18. The molecule has 1 aliphatic carbocycles. The van der Waals surface area contributed by atoms with Gasteiger partial charge in [-0.25, -0.2) is 0 Å². The molecule has 1 spiro atoms. The Hall–Kier alpha value is -0.120. The van der Waals surface area contributed by atoms with Crippen LogP contribution in [0, 0.1) is 5.41 Å². The van der Waals surface area contributed by atoms with Gasteiger partial charge in [0.25, 0.3) is 0 Å². The molecule has 2 saturated heterocycles. The fourth-order valence-corrected chi connectivity index (χ4v) is 3.59. The second kappa shape index (κ2) is 4.52. The lowest BCUT2D eigenvalue weighted by atomic mass is 9.96. The van der Waals surface area contributed by atoms with Crippen molar-refractivity contribution < 1.29 is 4.74 Å². The molecule has 1 N–H and O–H groups in total. The van der Waals surface area contributed by atoms with E-state index in [-0.39, 0.29) is 0 Å². The summed E-state index contributed by atoms with van der Waals surface area (Å²) in [6.07, 6.45) is 5.30. The van der Waals surface area contributed by atoms with E-state index in [4.69, 9.17) is 4.74 Å². The van der Waals surface area contributed by atoms with E-state index in [0.717, 1.165) is 25.3 Å². The third-order valence-corrected chi connectivity index (χ3v) is 5.07. The zero-order chi connectivity index (χ0) is 11.9. The minimum Gasteiger partial charge on any atom is -0.381 e. The number of ether oxygens (including phenoxy) is 1. The molecule has 2 heterocycles. The Labute approximate surface area is 105 Å². The SMILES string of the molecule is CC(C)N1CC[C@H](NC2CC23CCOCC3)C1. The number of hydrogen-bond donors (Lipinski definition) is 1. The van der Waals surface area contributed by atoms with Crippen molar-refractivity contribution in [3.05, 3.63) is 0 Å². The Balaban J connectivity index is 1.47. The third-order valence-electron chi connectivity index (χ3n) is 5.07. The second-order valence-electron chi connectivity index (χ2n) is 6.47. The minimum absolute atomic E-state index is 0.628. The van der Waals surface area contributed by atoms with Crippen LogP contribution in [-0.2, 0) is 4.74 Å². The number of likely N-dealkylation sites (tertiary alicyclic amines) is 1. The molecule has 0 aromatic rings. The van der Waals surface area contributed by atoms with Crippen molar-refractivity contribution in [3.63, 3.8) is 0 Å². The lowest BCUT2D eigenvalue weighted by molar-refractivity contribution is 0.0538. The van der Waals surface area contributed by atoms with E-state index in [1.165, 1.54) is 38.8 Å². The van der Waals surface area contributed by atoms with E-state index in [0.29, 0.717) is 11.5 Å². The van der Waals surface area contributed by atoms with Gasteiger partial charge in [0.15, 0.2) is 0 Å². The Morgan fingerprint density at radius 3 is 2.71 bits per heavy atom. The fraction of sp³-hybridized carbons (Fsp3) is 1.00. The van der Waals surface area contributed by atoms with Crippen LogP contribution in [0.5, 0.6) is 0 Å². The van der Waals surface area contributed by atoms with Crippen LogP contribution in [0.1, 0.15) is 39.5 Å². The average Bonchev–Trinajstić information content (AvgIpc) is 2.78. The Morgan fingerprint density at radius 1 is 1.29 bits per heavy atom. The van der Waals surface area contributed by atoms with Gasteiger partial charge in [-0.05, 0) is 51.5 Å². The minimum atomic E-state index is 0.628. The topological polar surface area (TPSA) is 24.5 Å². The monoisotopic (exact) mass is 238 g/mol. The lowest BCUT2D eigenvalue weighted by Crippen LogP contribution is -2.38. The van der Waals surface area contributed by atoms with Gasteiger partial charge in [-0.1, -0.05) is 0 Å². The van der Waals surface area contributed by atoms with Crippen molar-refractivity contribution >= 4 is 0 Å². The quantitative estimate of drug-likeness (QED) is 0.809. The van der Waals surface area contributed by atoms with E-state index in [1.54, 1.807) is 0 Å². The third kappa shape index (κ3) is 2.38. The van der Waals surface area contributed by atoms with Gasteiger partial charge in [0.05, 0.1) is 0 Å². The molecule has 0 bridgehead atoms. The summed E-state index contributed by atoms with van der Waals surface area (Å²) >= 11 is 0. The molecule has 3 heteroatoms. The molecule has 17 heavy (non-hydrogen) atoms. The molecule has 0 radical (unpaired) electrons. The van der Waals surface area contributed by atoms with Gasteiger partial charge in [-0.2, -0.15) is 0 Å². The molecule has 0 aromatic carbocycles. The zero-order valence-electron chi connectivity index (χ0n) is 11.2. The van der Waals surface area contributed by atoms with Crippen LogP contribution in [0.25, 0.3) is 0 Å². The van der Waals surface area contributed by atoms with Gasteiger partial charge in [0.1, 0.15) is 0 Å². The Morgan fingerprint density at radius 2 is 2.06 bits per heavy atom. The maximum Gasteiger partial charge on any atom is 0.0471 e. The summed E-state index contributed by atoms with van der Waals surface area (Å²) in [6, 6.07) is 2.24. The van der Waals surface area contributed by atoms with Crippen molar-refractivity contribution in [2.24, 2.45) is 5.41 Å². The van der Waals surface area contributed by atoms with Gasteiger partial charge >= 0.3 is 0 Å². The molecule has 3 aliphatic rings. The van der Waals surface area contributed by atoms with Crippen molar-refractivity contribution in [1.29, 1.82) is 0 Å². The molecule has 3 nitrogen and oxygen atoms in total. The predicted molar refractivity (Wildman–Crippen MR) is 69.1 cm³/mol. The van der Waals surface area contributed by atoms with Crippen LogP contribution in [0.2, 0.25) is 0 Å². The van der Waals surface area contributed by atoms with Gasteiger partial charge in [-0.3, -0.25) is 4.90 Å². The van der Waals surface area contributed by atoms with Crippen LogP contribution in [0.4, 0.5) is 0 Å². The van der Waals surface area contributed by atoms with Crippen molar-refractivity contribution in [2.45, 2.75) is 57.7 Å². The summed E-state index contributed by atoms with van der Waals surface area (Å²) in [7, 11) is 0. The first-order chi connectivity index (χ1) is 8.20. The second-order valence-corrected chi connectivity index (χ2v) is 6.47. The molecular weight excluding hydrogens is 212 g/mol. The number of nitrogens with one attached hydrogen (secondary N) is 1. The van der Waals surface area contributed by atoms with E-state index in [2.05, 4.69) is 24.1 Å². The lowest BCUT2D eigenvalue weighted by Gasteiger charge is -2.25. The van der Waals surface area contributed by atoms with E-state index in [9.17, 15) is 0 Å². The summed E-state index contributed by atoms with van der Waals surface area (Å²) in [6.45, 7) is 9.11. The van der Waals surface area contributed by atoms with Crippen LogP contribution >= 0.6 is 0 Å². The number of nitrogens with zero attached hydrogens (tertiary/aromatic N) is 1. The number of rotatable bonds is 3. The van der Waals surface area contributed by atoms with Crippen molar-refractivity contribution in [2.75, 3.05) is 26.3 Å². The first-order valence-corrected chi connectivity index (χ1v) is 7.27. The highest BCUT2D eigenvalue weighted by Crippen LogP contribution is 2.53. The van der Waals surface area contributed by atoms with Gasteiger partial charge in [0.2, 0.25) is 0 Å². The molecule has 2 atom stereocenters. The molecule has 1 saturated carbocycles. The van der Waals surface area contributed by atoms with Gasteiger partial charge < -0.3 is 10.1 Å². The molecule has 3 fully saturated rings. The van der Waals surface area contributed by atoms with E-state index >= 15 is 0 Å². The van der Waals surface area contributed by atoms with E-state index in [1.807, 2.05) is 0 Å². The smallest absolute Gasteiger partial charge is 0.0471 e. The summed E-state index contributed by atoms with van der Waals surface area (Å²) < 4.78 is 5.48. The van der Waals surface area contributed by atoms with Gasteiger partial charge in [0, 0.05) is 37.9 Å². The standard InChI is InChI=1S/C14H26N2O/c1-11(2)16-6-3-12(10-16)15-13-9-14(13)4-7-17-8-5-14/h11-13,15H,3-10H2,1-2H3/t12-,13?/m0/s1. The first kappa shape index (κ1) is 11.9. The Bertz CT molecular complexity index is 273. The summed E-state index contributed by atoms with van der Waals surface area (Å²) in [5.41, 5.74) is 0.628. The fourth-order valence-electron chi connectivity index (χ4n) is 3.59. The summed E-state index contributed by atoms with van der Waals surface area (Å²) in [5.74, 6) is 0. The molecule has 2 aliphatic heterocycles. The molecular formula is C14H26N2O. The maximum absolute atomic E-state index is 5.48. The highest BCUT2D eigenvalue weighted by molar-refractivity contribution is 5.09. The first-order valence-electron chi connectivity index (χ1n) is 7.27. The van der Waals surface area contributed by atoms with Crippen molar-refractivity contribution in [1.82, 2.24) is 10.2 Å². The van der Waals surface area contributed by atoms with E-state index < -0.39 is 0 Å². The maximum atomic E-state index is 5.48. The highest BCUT2D eigenvalue weighted by atomic mass is 16.5. The zero-order valence-corrected chi connectivity index (χ0v) is 11.2. The summed E-state index contributed by atoms with van der Waals surface area (Å²) in [5, 5.41) is 3.90. The molecule has 0 aromatic heterocycles. The molecule has 98 valence electrons. The number of hydrogen-bond acceptors (Lipinski definition) is 3. The van der Waals surface area contributed by atoms with Crippen LogP contribution in [0.15, 0.2) is 0 Å². The molecule has 3 rings (SSSR count). The van der Waals surface area contributed by atoms with Gasteiger partial charge in [-0.15, -0.1) is 0 Å². The predicted octanol–water partition coefficient (Wildman–Crippen LogP) is 1.63. The van der Waals surface area contributed by atoms with Crippen LogP contribution in [0.3, 0.4) is 0 Å². The van der Waals surface area contributed by atoms with Crippen LogP contribution in [-0.4, -0.2) is 49.3 Å². The summed E-state index contributed by atoms with van der Waals surface area (Å²) in [4.78, 5) is 2.59. The highest BCUT2D eigenvalue weighted by Gasteiger charge is 2.54. The van der Waals surface area contributed by atoms with Crippen molar-refractivity contribution in [3.8, 4) is 0 Å². The normalized spacial score (nSPS) is 36.9. The average molecular weight is 238 g/mol. The largest absolute Gasteiger partial charge is 0.381 e. The molecule has 1 unspecified atom stereocenters. The van der Waals surface area contributed by atoms with Crippen LogP contribution < -0.4 is 5.32 Å².